The number of hydrogen-bond acceptors (Lipinski definition) is 1. The van der Waals surface area contributed by atoms with Gasteiger partial charge in [-0.15, -0.1) is 0 Å². The van der Waals surface area contributed by atoms with Gasteiger partial charge in [0.15, 0.2) is 0 Å². The predicted octanol–water partition coefficient (Wildman–Crippen LogP) is 1.17. The molecule has 0 aliphatic carbocycles. The van der Waals surface area contributed by atoms with Crippen molar-refractivity contribution in [1.29, 1.82) is 0 Å². The second kappa shape index (κ2) is 2.88. The second-order valence-electron chi connectivity index (χ2n) is 2.25. The minimum Gasteiger partial charge on any atom is -0.315 e. The Labute approximate surface area is 50.8 Å². The van der Waals surface area contributed by atoms with E-state index in [2.05, 4.69) is 24.4 Å². The summed E-state index contributed by atoms with van der Waals surface area (Å²) < 4.78 is 0. The van der Waals surface area contributed by atoms with Gasteiger partial charge in [0.25, 0.3) is 0 Å². The molecule has 0 atom stereocenters. The first-order valence-electron chi connectivity index (χ1n) is 3.31. The summed E-state index contributed by atoms with van der Waals surface area (Å²) in [6, 6.07) is 0. The molecule has 0 bridgehead atoms. The molecule has 1 saturated heterocycles. The van der Waals surface area contributed by atoms with Crippen LogP contribution in [0.4, 0.5) is 0 Å². The zero-order valence-corrected chi connectivity index (χ0v) is 5.35. The lowest BCUT2D eigenvalue weighted by molar-refractivity contribution is 0.418. The summed E-state index contributed by atoms with van der Waals surface area (Å²) in [7, 11) is 0. The molecular formula is C7H13N. The molecule has 1 fully saturated rings. The zero-order valence-electron chi connectivity index (χ0n) is 5.35. The van der Waals surface area contributed by atoms with Crippen molar-refractivity contribution in [2.24, 2.45) is 5.92 Å². The fourth-order valence-corrected chi connectivity index (χ4v) is 0.776. The smallest absolute Gasteiger partial charge is 0.00266 e. The minimum absolute atomic E-state index is 0.843. The monoisotopic (exact) mass is 111 g/mol. The molecule has 1 aliphatic rings. The number of rotatable bonds is 2. The lowest BCUT2D eigenvalue weighted by Crippen LogP contribution is -2.40. The molecule has 0 saturated carbocycles. The van der Waals surface area contributed by atoms with Crippen LogP contribution in [-0.2, 0) is 0 Å². The van der Waals surface area contributed by atoms with Crippen LogP contribution in [0, 0.1) is 5.92 Å². The third-order valence-electron chi connectivity index (χ3n) is 1.46. The molecule has 0 aromatic heterocycles. The predicted molar refractivity (Wildman–Crippen MR) is 35.8 cm³/mol. The van der Waals surface area contributed by atoms with E-state index in [1.807, 2.05) is 0 Å². The van der Waals surface area contributed by atoms with E-state index >= 15 is 0 Å². The summed E-state index contributed by atoms with van der Waals surface area (Å²) in [5.41, 5.74) is 0. The summed E-state index contributed by atoms with van der Waals surface area (Å²) >= 11 is 0. The summed E-state index contributed by atoms with van der Waals surface area (Å²) in [5.74, 6) is 0.843. The van der Waals surface area contributed by atoms with Crippen molar-refractivity contribution in [3.63, 3.8) is 0 Å². The quantitative estimate of drug-likeness (QED) is 0.527. The maximum absolute atomic E-state index is 3.22. The molecule has 1 N–H and O–H groups in total. The Morgan fingerprint density at radius 2 is 2.38 bits per heavy atom. The molecule has 1 nitrogen and oxygen atoms in total. The van der Waals surface area contributed by atoms with Gasteiger partial charge in [-0.3, -0.25) is 0 Å². The van der Waals surface area contributed by atoms with Crippen LogP contribution in [0.15, 0.2) is 12.2 Å². The summed E-state index contributed by atoms with van der Waals surface area (Å²) in [4.78, 5) is 0. The standard InChI is InChI=1S/C7H13N/c1-2-3-4-7-5-8-6-7/h3-4,7-8H,2,5-6H2,1H3. The van der Waals surface area contributed by atoms with Crippen LogP contribution in [0.2, 0.25) is 0 Å². The largest absolute Gasteiger partial charge is 0.315 e. The molecule has 0 unspecified atom stereocenters. The van der Waals surface area contributed by atoms with Crippen molar-refractivity contribution in [2.75, 3.05) is 13.1 Å². The van der Waals surface area contributed by atoms with E-state index < -0.39 is 0 Å². The zero-order chi connectivity index (χ0) is 5.82. The topological polar surface area (TPSA) is 12.0 Å². The second-order valence-corrected chi connectivity index (χ2v) is 2.25. The Morgan fingerprint density at radius 1 is 1.62 bits per heavy atom. The van der Waals surface area contributed by atoms with Crippen molar-refractivity contribution < 1.29 is 0 Å². The molecule has 0 amide bonds. The van der Waals surface area contributed by atoms with E-state index in [0.29, 0.717) is 0 Å². The maximum atomic E-state index is 3.22. The van der Waals surface area contributed by atoms with E-state index in [4.69, 9.17) is 0 Å². The van der Waals surface area contributed by atoms with Gasteiger partial charge in [-0.2, -0.15) is 0 Å². The van der Waals surface area contributed by atoms with Gasteiger partial charge in [0.05, 0.1) is 0 Å². The lowest BCUT2D eigenvalue weighted by Gasteiger charge is -2.23. The van der Waals surface area contributed by atoms with Crippen molar-refractivity contribution in [2.45, 2.75) is 13.3 Å². The van der Waals surface area contributed by atoms with Gasteiger partial charge in [0, 0.05) is 19.0 Å². The molecule has 1 heterocycles. The Hall–Kier alpha value is -0.300. The number of nitrogens with one attached hydrogen (secondary N) is 1. The van der Waals surface area contributed by atoms with Gasteiger partial charge in [-0.05, 0) is 6.42 Å². The normalized spacial score (nSPS) is 21.6. The number of hydrogen-bond donors (Lipinski definition) is 1. The lowest BCUT2D eigenvalue weighted by atomic mass is 10.0. The Balaban J connectivity index is 2.08. The third-order valence-corrected chi connectivity index (χ3v) is 1.46. The number of allylic oxidation sites excluding steroid dienone is 1. The van der Waals surface area contributed by atoms with Crippen LogP contribution < -0.4 is 5.32 Å². The van der Waals surface area contributed by atoms with Crippen LogP contribution in [0.25, 0.3) is 0 Å². The fourth-order valence-electron chi connectivity index (χ4n) is 0.776. The minimum atomic E-state index is 0.843. The molecule has 8 heavy (non-hydrogen) atoms. The van der Waals surface area contributed by atoms with E-state index in [9.17, 15) is 0 Å². The average molecular weight is 111 g/mol. The van der Waals surface area contributed by atoms with Crippen LogP contribution in [0.3, 0.4) is 0 Å². The molecule has 0 aromatic rings. The first-order chi connectivity index (χ1) is 3.93. The highest BCUT2D eigenvalue weighted by Gasteiger charge is 2.11. The average Bonchev–Trinajstić information content (AvgIpc) is 1.63. The molecule has 0 spiro atoms. The molecule has 1 heteroatoms. The van der Waals surface area contributed by atoms with Gasteiger partial charge < -0.3 is 5.32 Å². The highest BCUT2D eigenvalue weighted by Crippen LogP contribution is 2.03. The first kappa shape index (κ1) is 5.83. The van der Waals surface area contributed by atoms with Crippen molar-refractivity contribution in [1.82, 2.24) is 5.32 Å². The molecule has 1 rings (SSSR count). The third kappa shape index (κ3) is 1.34. The molecular weight excluding hydrogens is 98.1 g/mol. The first-order valence-corrected chi connectivity index (χ1v) is 3.31. The van der Waals surface area contributed by atoms with Crippen molar-refractivity contribution in [3.05, 3.63) is 12.2 Å². The summed E-state index contributed by atoms with van der Waals surface area (Å²) in [6.07, 6.45) is 5.72. The maximum Gasteiger partial charge on any atom is 0.00266 e. The SMILES string of the molecule is CCC=CC1CNC1. The van der Waals surface area contributed by atoms with Crippen LogP contribution in [0.1, 0.15) is 13.3 Å². The summed E-state index contributed by atoms with van der Waals surface area (Å²) in [5, 5.41) is 3.22. The fraction of sp³-hybridized carbons (Fsp3) is 0.714. The molecule has 0 aromatic carbocycles. The van der Waals surface area contributed by atoms with Gasteiger partial charge in [0.1, 0.15) is 0 Å². The highest BCUT2D eigenvalue weighted by molar-refractivity contribution is 4.94. The van der Waals surface area contributed by atoms with Crippen LogP contribution >= 0.6 is 0 Å². The van der Waals surface area contributed by atoms with Gasteiger partial charge >= 0.3 is 0 Å². The highest BCUT2D eigenvalue weighted by atomic mass is 14.9. The van der Waals surface area contributed by atoms with Crippen molar-refractivity contribution in [3.8, 4) is 0 Å². The van der Waals surface area contributed by atoms with Crippen LogP contribution in [-0.4, -0.2) is 13.1 Å². The van der Waals surface area contributed by atoms with E-state index in [1.165, 1.54) is 19.5 Å². The Morgan fingerprint density at radius 3 is 2.75 bits per heavy atom. The van der Waals surface area contributed by atoms with Gasteiger partial charge in [-0.25, -0.2) is 0 Å². The van der Waals surface area contributed by atoms with E-state index in [1.54, 1.807) is 0 Å². The van der Waals surface area contributed by atoms with Crippen molar-refractivity contribution >= 4 is 0 Å². The Bertz CT molecular complexity index is 82.4. The van der Waals surface area contributed by atoms with Gasteiger partial charge in [0.2, 0.25) is 0 Å². The van der Waals surface area contributed by atoms with Gasteiger partial charge in [-0.1, -0.05) is 19.1 Å². The molecule has 46 valence electrons. The van der Waals surface area contributed by atoms with E-state index in [0.717, 1.165) is 5.92 Å². The molecule has 0 radical (unpaired) electrons. The van der Waals surface area contributed by atoms with E-state index in [-0.39, 0.29) is 0 Å². The Kier molecular flexibility index (Phi) is 2.10. The summed E-state index contributed by atoms with van der Waals surface area (Å²) in [6.45, 7) is 4.55. The van der Waals surface area contributed by atoms with Crippen LogP contribution in [0.5, 0.6) is 0 Å². The molecule has 1 aliphatic heterocycles.